The number of piperazine rings is 1. The summed E-state index contributed by atoms with van der Waals surface area (Å²) >= 11 is 0. The number of pyridine rings is 1. The number of amidine groups is 1. The van der Waals surface area contributed by atoms with Gasteiger partial charge in [0.05, 0.1) is 5.54 Å². The maximum absolute atomic E-state index is 12.3. The van der Waals surface area contributed by atoms with Crippen LogP contribution in [-0.4, -0.2) is 59.4 Å². The van der Waals surface area contributed by atoms with Crippen LogP contribution >= 0.6 is 0 Å². The Morgan fingerprint density at radius 1 is 1.21 bits per heavy atom. The van der Waals surface area contributed by atoms with E-state index in [0.29, 0.717) is 17.8 Å². The first-order chi connectivity index (χ1) is 15.8. The largest absolute Gasteiger partial charge is 0.369 e. The Labute approximate surface area is 196 Å². The van der Waals surface area contributed by atoms with E-state index in [1.54, 1.807) is 0 Å². The van der Waals surface area contributed by atoms with Gasteiger partial charge in [-0.3, -0.25) is 9.69 Å². The van der Waals surface area contributed by atoms with E-state index in [2.05, 4.69) is 51.2 Å². The van der Waals surface area contributed by atoms with Gasteiger partial charge in [0.2, 0.25) is 12.1 Å². The quantitative estimate of drug-likeness (QED) is 0.405. The first-order valence-electron chi connectivity index (χ1n) is 12.3. The number of hydrogen-bond donors (Lipinski definition) is 2. The van der Waals surface area contributed by atoms with Crippen LogP contribution in [0.15, 0.2) is 29.4 Å². The Kier molecular flexibility index (Phi) is 5.56. The molecule has 2 unspecified atom stereocenters. The van der Waals surface area contributed by atoms with Crippen LogP contribution in [0.5, 0.6) is 0 Å². The van der Waals surface area contributed by atoms with Gasteiger partial charge in [-0.25, -0.2) is 4.98 Å². The highest BCUT2D eigenvalue weighted by molar-refractivity contribution is 5.92. The summed E-state index contributed by atoms with van der Waals surface area (Å²) in [6.45, 7) is 7.84. The number of primary amides is 1. The highest BCUT2D eigenvalue weighted by Gasteiger charge is 2.58. The summed E-state index contributed by atoms with van der Waals surface area (Å²) in [6, 6.07) is 6.27. The second-order valence-electron chi connectivity index (χ2n) is 11.1. The molecule has 0 spiro atoms. The molecule has 2 heterocycles. The second kappa shape index (κ2) is 8.28. The van der Waals surface area contributed by atoms with Crippen LogP contribution in [-0.2, 0) is 4.79 Å². The standard InChI is InChI=1S/C25H35N7O/c1-24(2,32-9-7-31(8-10-32)20-5-3-4-6-28-20)23(29-16-26)30-21-18-11-17-12-19(21)15-25(13-17,14-18)22(27)33/h3-6,17-19,21H,7-15H2,1-2H3,(H2,27,33)(H,29,30). The van der Waals surface area contributed by atoms with Crippen LogP contribution in [0.25, 0.3) is 0 Å². The summed E-state index contributed by atoms with van der Waals surface area (Å²) < 4.78 is 0. The molecule has 5 aliphatic rings. The third-order valence-electron chi connectivity index (χ3n) is 8.88. The van der Waals surface area contributed by atoms with Crippen LogP contribution < -0.4 is 16.0 Å². The van der Waals surface area contributed by atoms with Crippen molar-refractivity contribution in [3.05, 3.63) is 24.4 Å². The van der Waals surface area contributed by atoms with Gasteiger partial charge in [0.15, 0.2) is 0 Å². The van der Waals surface area contributed by atoms with Crippen molar-refractivity contribution >= 4 is 17.6 Å². The lowest BCUT2D eigenvalue weighted by atomic mass is 9.47. The summed E-state index contributed by atoms with van der Waals surface area (Å²) in [5.74, 6) is 3.10. The Morgan fingerprint density at radius 3 is 2.48 bits per heavy atom. The maximum atomic E-state index is 12.3. The zero-order valence-corrected chi connectivity index (χ0v) is 19.7. The molecule has 0 radical (unpaired) electrons. The van der Waals surface area contributed by atoms with E-state index in [1.165, 1.54) is 0 Å². The highest BCUT2D eigenvalue weighted by atomic mass is 16.1. The number of nitrogens with two attached hydrogens (primary N) is 1. The molecule has 1 saturated heterocycles. The van der Waals surface area contributed by atoms with Crippen molar-refractivity contribution in [2.45, 2.75) is 57.5 Å². The van der Waals surface area contributed by atoms with Crippen LogP contribution in [0.1, 0.15) is 46.0 Å². The fraction of sp³-hybridized carbons (Fsp3) is 0.680. The molecule has 4 saturated carbocycles. The van der Waals surface area contributed by atoms with Crippen LogP contribution in [0.3, 0.4) is 0 Å². The van der Waals surface area contributed by atoms with E-state index < -0.39 is 0 Å². The number of nitrogens with one attached hydrogen (secondary N) is 1. The van der Waals surface area contributed by atoms with Crippen molar-refractivity contribution in [1.29, 1.82) is 5.26 Å². The lowest BCUT2D eigenvalue weighted by Gasteiger charge is -2.59. The minimum absolute atomic E-state index is 0.114. The molecule has 0 aromatic carbocycles. The summed E-state index contributed by atoms with van der Waals surface area (Å²) in [5, 5.41) is 13.3. The number of rotatable bonds is 5. The first kappa shape index (κ1) is 22.1. The molecular formula is C25H35N7O. The first-order valence-corrected chi connectivity index (χ1v) is 12.3. The van der Waals surface area contributed by atoms with Gasteiger partial charge in [0.1, 0.15) is 11.7 Å². The van der Waals surface area contributed by atoms with Crippen LogP contribution in [0.2, 0.25) is 0 Å². The SMILES string of the molecule is CC(C)(/C(=N\C#N)NC1C2CC3CC1CC(C(N)=O)(C3)C2)N1CCN(c2ccccn2)CC1. The zero-order chi connectivity index (χ0) is 23.2. The Hall–Kier alpha value is -2.66. The average Bonchev–Trinajstić information content (AvgIpc) is 2.81. The monoisotopic (exact) mass is 449 g/mol. The van der Waals surface area contributed by atoms with E-state index >= 15 is 0 Å². The van der Waals surface area contributed by atoms with Crippen molar-refractivity contribution in [3.8, 4) is 6.19 Å². The molecule has 1 aromatic heterocycles. The normalized spacial score (nSPS) is 34.2. The summed E-state index contributed by atoms with van der Waals surface area (Å²) in [5.41, 5.74) is 5.17. The van der Waals surface area contributed by atoms with Crippen molar-refractivity contribution in [3.63, 3.8) is 0 Å². The number of amides is 1. The van der Waals surface area contributed by atoms with Gasteiger partial charge in [-0.1, -0.05) is 6.07 Å². The van der Waals surface area contributed by atoms with Crippen molar-refractivity contribution in [2.24, 2.45) is 33.9 Å². The van der Waals surface area contributed by atoms with E-state index in [-0.39, 0.29) is 22.9 Å². The Balaban J connectivity index is 1.29. The predicted molar refractivity (Wildman–Crippen MR) is 127 cm³/mol. The fourth-order valence-electron chi connectivity index (χ4n) is 7.30. The van der Waals surface area contributed by atoms with Gasteiger partial charge in [-0.2, -0.15) is 10.3 Å². The van der Waals surface area contributed by atoms with Crippen molar-refractivity contribution < 1.29 is 4.79 Å². The van der Waals surface area contributed by atoms with Gasteiger partial charge in [0.25, 0.3) is 0 Å². The number of anilines is 1. The van der Waals surface area contributed by atoms with E-state index in [0.717, 1.165) is 69.9 Å². The maximum Gasteiger partial charge on any atom is 0.223 e. The van der Waals surface area contributed by atoms with Gasteiger partial charge in [-0.15, -0.1) is 0 Å². The molecule has 6 rings (SSSR count). The minimum atomic E-state index is -0.387. The van der Waals surface area contributed by atoms with Gasteiger partial charge in [-0.05, 0) is 75.8 Å². The third-order valence-corrected chi connectivity index (χ3v) is 8.88. The summed E-state index contributed by atoms with van der Waals surface area (Å²) in [6.07, 6.45) is 8.88. The van der Waals surface area contributed by atoms with Gasteiger partial charge >= 0.3 is 0 Å². The molecule has 1 aromatic rings. The number of carbonyl (C=O) groups excluding carboxylic acids is 1. The Bertz CT molecular complexity index is 945. The van der Waals surface area contributed by atoms with E-state index in [9.17, 15) is 10.1 Å². The lowest BCUT2D eigenvalue weighted by Crippen LogP contribution is -2.66. The van der Waals surface area contributed by atoms with Crippen molar-refractivity contribution in [2.75, 3.05) is 31.1 Å². The molecule has 33 heavy (non-hydrogen) atoms. The summed E-state index contributed by atoms with van der Waals surface area (Å²) in [4.78, 5) is 25.8. The topological polar surface area (TPSA) is 111 Å². The number of aliphatic imine (C=N–C) groups is 1. The number of carbonyl (C=O) groups is 1. The van der Waals surface area contributed by atoms with Crippen molar-refractivity contribution in [1.82, 2.24) is 15.2 Å². The fourth-order valence-corrected chi connectivity index (χ4v) is 7.30. The molecule has 8 heteroatoms. The molecule has 5 fully saturated rings. The molecule has 4 aliphatic carbocycles. The number of aromatic nitrogens is 1. The van der Waals surface area contributed by atoms with E-state index in [1.807, 2.05) is 18.3 Å². The van der Waals surface area contributed by atoms with Gasteiger partial charge in [0, 0.05) is 43.8 Å². The third kappa shape index (κ3) is 3.86. The molecule has 176 valence electrons. The molecule has 8 nitrogen and oxygen atoms in total. The lowest BCUT2D eigenvalue weighted by molar-refractivity contribution is -0.145. The predicted octanol–water partition coefficient (Wildman–Crippen LogP) is 2.13. The molecular weight excluding hydrogens is 414 g/mol. The van der Waals surface area contributed by atoms with Gasteiger partial charge < -0.3 is 16.0 Å². The number of nitrogens with zero attached hydrogens (tertiary/aromatic N) is 5. The molecule has 1 aliphatic heterocycles. The molecule has 2 atom stereocenters. The minimum Gasteiger partial charge on any atom is -0.369 e. The number of hydrogen-bond acceptors (Lipinski definition) is 6. The zero-order valence-electron chi connectivity index (χ0n) is 19.7. The smallest absolute Gasteiger partial charge is 0.223 e. The average molecular weight is 450 g/mol. The second-order valence-corrected chi connectivity index (χ2v) is 11.1. The highest BCUT2D eigenvalue weighted by Crippen LogP contribution is 2.60. The number of nitriles is 1. The molecule has 1 amide bonds. The Morgan fingerprint density at radius 2 is 1.91 bits per heavy atom. The molecule has 4 bridgehead atoms. The van der Waals surface area contributed by atoms with Crippen LogP contribution in [0, 0.1) is 34.6 Å². The van der Waals surface area contributed by atoms with E-state index in [4.69, 9.17) is 5.73 Å². The van der Waals surface area contributed by atoms with Crippen LogP contribution in [0.4, 0.5) is 5.82 Å². The molecule has 3 N–H and O–H groups in total. The summed E-state index contributed by atoms with van der Waals surface area (Å²) in [7, 11) is 0.